The number of Topliss-reactive ketones (excluding diaryl/α,β-unsaturated/α-hetero) is 1. The summed E-state index contributed by atoms with van der Waals surface area (Å²) in [5.41, 5.74) is 7.61. The van der Waals surface area contributed by atoms with Crippen molar-refractivity contribution in [1.29, 1.82) is 0 Å². The molecule has 0 amide bonds. The first-order valence-corrected chi connectivity index (χ1v) is 5.79. The standard InChI is InChI=1S/C10H7ClN4O3S/c11-10(15(17)18)7(13-14-9(12)19)5-3-1-2-4-6(5)8(10)16/h1-4H,(H3,12,14,19). The quantitative estimate of drug-likeness (QED) is 0.272. The lowest BCUT2D eigenvalue weighted by Crippen LogP contribution is -2.45. The van der Waals surface area contributed by atoms with Crippen molar-refractivity contribution in [2.45, 2.75) is 5.00 Å². The maximum absolute atomic E-state index is 12.1. The Hall–Kier alpha value is -2.06. The minimum absolute atomic E-state index is 0.137. The van der Waals surface area contributed by atoms with Gasteiger partial charge in [-0.1, -0.05) is 24.3 Å². The van der Waals surface area contributed by atoms with Crippen LogP contribution in [-0.2, 0) is 0 Å². The van der Waals surface area contributed by atoms with Gasteiger partial charge in [0, 0.05) is 11.1 Å². The summed E-state index contributed by atoms with van der Waals surface area (Å²) in [4.78, 5) is 19.9. The van der Waals surface area contributed by atoms with Crippen LogP contribution in [0, 0.1) is 10.1 Å². The van der Waals surface area contributed by atoms with Crippen molar-refractivity contribution in [3.8, 4) is 0 Å². The van der Waals surface area contributed by atoms with Crippen LogP contribution in [0.4, 0.5) is 0 Å². The molecule has 0 spiro atoms. The molecule has 1 aliphatic carbocycles. The Bertz CT molecular complexity index is 633. The summed E-state index contributed by atoms with van der Waals surface area (Å²) in [6, 6.07) is 6.16. The highest BCUT2D eigenvalue weighted by Gasteiger charge is 2.61. The van der Waals surface area contributed by atoms with Gasteiger partial charge in [-0.05, 0) is 23.8 Å². The van der Waals surface area contributed by atoms with E-state index >= 15 is 0 Å². The summed E-state index contributed by atoms with van der Waals surface area (Å²) in [6.07, 6.45) is 0. The molecule has 0 aromatic heterocycles. The number of benzene rings is 1. The number of hydrogen-bond acceptors (Lipinski definition) is 5. The first kappa shape index (κ1) is 13.4. The van der Waals surface area contributed by atoms with Gasteiger partial charge in [-0.3, -0.25) is 20.3 Å². The highest BCUT2D eigenvalue weighted by molar-refractivity contribution is 7.80. The van der Waals surface area contributed by atoms with Crippen LogP contribution in [-0.4, -0.2) is 26.5 Å². The van der Waals surface area contributed by atoms with Crippen LogP contribution in [0.2, 0.25) is 0 Å². The van der Waals surface area contributed by atoms with Crippen LogP contribution in [0.1, 0.15) is 15.9 Å². The Kier molecular flexibility index (Phi) is 3.21. The third kappa shape index (κ3) is 1.94. The zero-order valence-electron chi connectivity index (χ0n) is 9.29. The number of carbonyl (C=O) groups excluding carboxylic acids is 1. The average Bonchev–Trinajstić information content (AvgIpc) is 2.58. The number of ketones is 1. The second-order valence-electron chi connectivity index (χ2n) is 3.69. The summed E-state index contributed by atoms with van der Waals surface area (Å²) >= 11 is 10.4. The third-order valence-electron chi connectivity index (χ3n) is 2.57. The Labute approximate surface area is 117 Å². The molecule has 98 valence electrons. The number of fused-ring (bicyclic) bond motifs is 1. The smallest absolute Gasteiger partial charge is 0.375 e. The number of carbonyl (C=O) groups is 1. The monoisotopic (exact) mass is 298 g/mol. The molecule has 0 fully saturated rings. The Morgan fingerprint density at radius 2 is 2.05 bits per heavy atom. The SMILES string of the molecule is NC(=S)NN=C1c2ccccc2C(=O)C1(Cl)[N+](=O)[O-]. The fourth-order valence-corrected chi connectivity index (χ4v) is 2.06. The number of hydrogen-bond donors (Lipinski definition) is 2. The van der Waals surface area contributed by atoms with E-state index in [1.807, 2.05) is 0 Å². The fourth-order valence-electron chi connectivity index (χ4n) is 1.77. The van der Waals surface area contributed by atoms with E-state index in [9.17, 15) is 14.9 Å². The van der Waals surface area contributed by atoms with Gasteiger partial charge in [-0.15, -0.1) is 0 Å². The van der Waals surface area contributed by atoms with E-state index in [1.165, 1.54) is 12.1 Å². The summed E-state index contributed by atoms with van der Waals surface area (Å²) in [5.74, 6) is -0.835. The van der Waals surface area contributed by atoms with Gasteiger partial charge in [0.25, 0.3) is 5.78 Å². The molecule has 0 saturated carbocycles. The van der Waals surface area contributed by atoms with Crippen molar-refractivity contribution >= 4 is 40.4 Å². The number of nitrogens with zero attached hydrogens (tertiary/aromatic N) is 2. The third-order valence-corrected chi connectivity index (χ3v) is 3.15. The van der Waals surface area contributed by atoms with Gasteiger partial charge in [0.1, 0.15) is 0 Å². The molecule has 19 heavy (non-hydrogen) atoms. The lowest BCUT2D eigenvalue weighted by Gasteiger charge is -2.11. The van der Waals surface area contributed by atoms with Crippen LogP contribution in [0.3, 0.4) is 0 Å². The van der Waals surface area contributed by atoms with Crippen molar-refractivity contribution in [2.75, 3.05) is 0 Å². The van der Waals surface area contributed by atoms with Gasteiger partial charge in [-0.2, -0.15) is 5.10 Å². The zero-order valence-corrected chi connectivity index (χ0v) is 10.9. The molecule has 0 bridgehead atoms. The van der Waals surface area contributed by atoms with Crippen LogP contribution < -0.4 is 11.2 Å². The van der Waals surface area contributed by atoms with Gasteiger partial charge < -0.3 is 5.73 Å². The average molecular weight is 299 g/mol. The lowest BCUT2D eigenvalue weighted by molar-refractivity contribution is -0.502. The van der Waals surface area contributed by atoms with Crippen LogP contribution in [0.5, 0.6) is 0 Å². The van der Waals surface area contributed by atoms with Gasteiger partial charge in [-0.25, -0.2) is 0 Å². The van der Waals surface area contributed by atoms with E-state index in [0.29, 0.717) is 0 Å². The molecule has 2 rings (SSSR count). The fraction of sp³-hybridized carbons (Fsp3) is 0.100. The number of halogens is 1. The Morgan fingerprint density at radius 3 is 2.58 bits per heavy atom. The molecule has 7 nitrogen and oxygen atoms in total. The maximum Gasteiger partial charge on any atom is 0.401 e. The normalized spacial score (nSPS) is 23.2. The molecular weight excluding hydrogens is 292 g/mol. The molecule has 0 radical (unpaired) electrons. The molecule has 9 heteroatoms. The summed E-state index contributed by atoms with van der Waals surface area (Å²) in [7, 11) is 0. The van der Waals surface area contributed by atoms with E-state index in [2.05, 4.69) is 22.7 Å². The minimum atomic E-state index is -2.46. The molecule has 1 aromatic rings. The number of hydrazone groups is 1. The van der Waals surface area contributed by atoms with Gasteiger partial charge >= 0.3 is 5.00 Å². The highest BCUT2D eigenvalue weighted by Crippen LogP contribution is 2.35. The summed E-state index contributed by atoms with van der Waals surface area (Å²) in [5, 5.41) is 14.6. The van der Waals surface area contributed by atoms with E-state index in [4.69, 9.17) is 17.3 Å². The molecule has 3 N–H and O–H groups in total. The van der Waals surface area contributed by atoms with E-state index in [-0.39, 0.29) is 22.0 Å². The zero-order chi connectivity index (χ0) is 14.2. The molecule has 0 saturated heterocycles. The summed E-state index contributed by atoms with van der Waals surface area (Å²) in [6.45, 7) is 0. The van der Waals surface area contributed by atoms with E-state index in [1.54, 1.807) is 12.1 Å². The number of nitrogens with one attached hydrogen (secondary N) is 1. The predicted octanol–water partition coefficient (Wildman–Crippen LogP) is 0.632. The minimum Gasteiger partial charge on any atom is -0.375 e. The molecule has 1 aromatic carbocycles. The first-order chi connectivity index (χ1) is 8.89. The lowest BCUT2D eigenvalue weighted by atomic mass is 10.1. The Morgan fingerprint density at radius 1 is 1.47 bits per heavy atom. The molecule has 1 unspecified atom stereocenters. The van der Waals surface area contributed by atoms with Gasteiger partial charge in [0.05, 0.1) is 4.92 Å². The second-order valence-corrected chi connectivity index (χ2v) is 4.68. The number of rotatable bonds is 2. The highest BCUT2D eigenvalue weighted by atomic mass is 35.5. The maximum atomic E-state index is 12.1. The van der Waals surface area contributed by atoms with Gasteiger partial charge in [0.15, 0.2) is 10.8 Å². The Balaban J connectivity index is 2.65. The van der Waals surface area contributed by atoms with Crippen LogP contribution in [0.25, 0.3) is 0 Å². The topological polar surface area (TPSA) is 111 Å². The number of nitro groups is 1. The van der Waals surface area contributed by atoms with Crippen molar-refractivity contribution in [2.24, 2.45) is 10.8 Å². The molecule has 0 heterocycles. The molecule has 1 atom stereocenters. The number of nitrogens with two attached hydrogens (primary N) is 1. The van der Waals surface area contributed by atoms with Crippen molar-refractivity contribution in [3.63, 3.8) is 0 Å². The summed E-state index contributed by atoms with van der Waals surface area (Å²) < 4.78 is 0. The van der Waals surface area contributed by atoms with Gasteiger partial charge in [0.2, 0.25) is 0 Å². The van der Waals surface area contributed by atoms with Crippen molar-refractivity contribution in [1.82, 2.24) is 5.43 Å². The van der Waals surface area contributed by atoms with E-state index in [0.717, 1.165) is 0 Å². The molecular formula is C10H7ClN4O3S. The van der Waals surface area contributed by atoms with E-state index < -0.39 is 15.7 Å². The first-order valence-electron chi connectivity index (χ1n) is 5.00. The molecule has 0 aliphatic heterocycles. The van der Waals surface area contributed by atoms with Crippen LogP contribution in [0.15, 0.2) is 29.4 Å². The largest absolute Gasteiger partial charge is 0.401 e. The second kappa shape index (κ2) is 4.56. The van der Waals surface area contributed by atoms with Crippen LogP contribution >= 0.6 is 23.8 Å². The van der Waals surface area contributed by atoms with Crippen molar-refractivity contribution < 1.29 is 9.72 Å². The number of thiocarbonyl (C=S) groups is 1. The van der Waals surface area contributed by atoms with Crippen molar-refractivity contribution in [3.05, 3.63) is 45.5 Å². The number of alkyl halides is 1. The predicted molar refractivity (Wildman–Crippen MR) is 72.8 cm³/mol. The molecule has 1 aliphatic rings.